The van der Waals surface area contributed by atoms with E-state index in [4.69, 9.17) is 0 Å². The molecule has 130 valence electrons. The summed E-state index contributed by atoms with van der Waals surface area (Å²) in [5.41, 5.74) is 4.26. The van der Waals surface area contributed by atoms with Crippen molar-refractivity contribution in [2.45, 2.75) is 19.0 Å². The number of aromatic hydroxyl groups is 1. The van der Waals surface area contributed by atoms with Gasteiger partial charge >= 0.3 is 0 Å². The smallest absolute Gasteiger partial charge is 0.261 e. The van der Waals surface area contributed by atoms with E-state index in [-0.39, 0.29) is 11.8 Å². The third kappa shape index (κ3) is 3.31. The SMILES string of the molecule is O=[N+]1C(c2cccc(-c3ccccc3)c2)CCN1Cc1cccc(O)c1. The van der Waals surface area contributed by atoms with E-state index < -0.39 is 0 Å². The van der Waals surface area contributed by atoms with Crippen LogP contribution >= 0.6 is 0 Å². The van der Waals surface area contributed by atoms with Crippen LogP contribution in [0.4, 0.5) is 0 Å². The fourth-order valence-electron chi connectivity index (χ4n) is 3.54. The Hall–Kier alpha value is -3.14. The topological polar surface area (TPSA) is 43.5 Å². The van der Waals surface area contributed by atoms with Crippen LogP contribution in [-0.4, -0.2) is 21.5 Å². The predicted octanol–water partition coefficient (Wildman–Crippen LogP) is 4.70. The first-order valence-electron chi connectivity index (χ1n) is 8.85. The molecular formula is C22H21N2O2+. The largest absolute Gasteiger partial charge is 0.508 e. The highest BCUT2D eigenvalue weighted by atomic mass is 16.3. The van der Waals surface area contributed by atoms with Crippen molar-refractivity contribution in [2.24, 2.45) is 0 Å². The van der Waals surface area contributed by atoms with Crippen LogP contribution in [0.5, 0.6) is 5.75 Å². The molecule has 1 aliphatic heterocycles. The van der Waals surface area contributed by atoms with Crippen LogP contribution in [-0.2, 0) is 6.54 Å². The first-order chi connectivity index (χ1) is 12.7. The quantitative estimate of drug-likeness (QED) is 0.697. The summed E-state index contributed by atoms with van der Waals surface area (Å²) in [6.45, 7) is 1.21. The highest BCUT2D eigenvalue weighted by Gasteiger charge is 2.40. The molecule has 4 nitrogen and oxygen atoms in total. The summed E-state index contributed by atoms with van der Waals surface area (Å²) in [7, 11) is 0. The number of hydrogen-bond donors (Lipinski definition) is 1. The molecule has 0 radical (unpaired) electrons. The highest BCUT2D eigenvalue weighted by molar-refractivity contribution is 5.64. The summed E-state index contributed by atoms with van der Waals surface area (Å²) in [6, 6.07) is 25.3. The Bertz CT molecular complexity index is 924. The van der Waals surface area contributed by atoms with Gasteiger partial charge in [-0.1, -0.05) is 60.7 Å². The minimum absolute atomic E-state index is 0.170. The minimum atomic E-state index is -0.170. The van der Waals surface area contributed by atoms with Crippen LogP contribution in [0.1, 0.15) is 23.6 Å². The molecule has 1 heterocycles. The van der Waals surface area contributed by atoms with Crippen molar-refractivity contribution in [3.63, 3.8) is 0 Å². The molecule has 1 N–H and O–H groups in total. The average Bonchev–Trinajstić information content (AvgIpc) is 3.03. The summed E-state index contributed by atoms with van der Waals surface area (Å²) < 4.78 is 0. The Morgan fingerprint density at radius 3 is 2.50 bits per heavy atom. The summed E-state index contributed by atoms with van der Waals surface area (Å²) >= 11 is 0. The Kier molecular flexibility index (Phi) is 4.40. The Morgan fingerprint density at radius 1 is 0.923 bits per heavy atom. The lowest BCUT2D eigenvalue weighted by Gasteiger charge is -2.10. The molecule has 0 saturated carbocycles. The van der Waals surface area contributed by atoms with Crippen molar-refractivity contribution in [1.82, 2.24) is 5.01 Å². The molecule has 1 saturated heterocycles. The number of nitroso groups, excluding NO2 is 1. The number of rotatable bonds is 4. The van der Waals surface area contributed by atoms with E-state index in [2.05, 4.69) is 24.3 Å². The molecule has 0 aliphatic carbocycles. The van der Waals surface area contributed by atoms with Crippen molar-refractivity contribution in [3.8, 4) is 16.9 Å². The lowest BCUT2D eigenvalue weighted by atomic mass is 9.99. The van der Waals surface area contributed by atoms with Gasteiger partial charge in [-0.05, 0) is 34.9 Å². The standard InChI is InChI=1S/C22H20N2O2/c25-21-11-4-6-17(14-21)16-23-13-12-22(24(23)26)20-10-5-9-19(15-20)18-7-2-1-3-8-18/h1-11,14-15,22H,12-13,16H2/p+1. The highest BCUT2D eigenvalue weighted by Crippen LogP contribution is 2.32. The van der Waals surface area contributed by atoms with Crippen LogP contribution in [0.25, 0.3) is 11.1 Å². The Balaban J connectivity index is 1.53. The van der Waals surface area contributed by atoms with Gasteiger partial charge in [0.2, 0.25) is 0 Å². The van der Waals surface area contributed by atoms with Gasteiger partial charge in [0, 0.05) is 12.0 Å². The van der Waals surface area contributed by atoms with E-state index in [9.17, 15) is 10.0 Å². The number of benzene rings is 3. The van der Waals surface area contributed by atoms with Gasteiger partial charge in [0.05, 0.1) is 11.5 Å². The van der Waals surface area contributed by atoms with Gasteiger partial charge in [-0.15, -0.1) is 5.01 Å². The minimum Gasteiger partial charge on any atom is -0.508 e. The van der Waals surface area contributed by atoms with Crippen molar-refractivity contribution in [1.29, 1.82) is 0 Å². The van der Waals surface area contributed by atoms with Gasteiger partial charge in [-0.2, -0.15) is 0 Å². The average molecular weight is 345 g/mol. The molecule has 1 aliphatic rings. The van der Waals surface area contributed by atoms with E-state index in [1.165, 1.54) is 0 Å². The molecule has 0 bridgehead atoms. The summed E-state index contributed by atoms with van der Waals surface area (Å²) in [6.07, 6.45) is 0.792. The second kappa shape index (κ2) is 7.00. The third-order valence-electron chi connectivity index (χ3n) is 4.86. The second-order valence-electron chi connectivity index (χ2n) is 6.66. The zero-order valence-electron chi connectivity index (χ0n) is 14.5. The van der Waals surface area contributed by atoms with Crippen LogP contribution in [0, 0.1) is 4.91 Å². The first-order valence-corrected chi connectivity index (χ1v) is 8.85. The summed E-state index contributed by atoms with van der Waals surface area (Å²) in [5, 5.41) is 11.4. The molecule has 26 heavy (non-hydrogen) atoms. The maximum atomic E-state index is 12.8. The number of nitrogens with zero attached hydrogens (tertiary/aromatic N) is 2. The predicted molar refractivity (Wildman–Crippen MR) is 101 cm³/mol. The van der Waals surface area contributed by atoms with Crippen molar-refractivity contribution in [3.05, 3.63) is 94.9 Å². The monoisotopic (exact) mass is 345 g/mol. The molecule has 1 fully saturated rings. The maximum Gasteiger partial charge on any atom is 0.261 e. The second-order valence-corrected chi connectivity index (χ2v) is 6.66. The summed E-state index contributed by atoms with van der Waals surface area (Å²) in [5.74, 6) is 0.228. The van der Waals surface area contributed by atoms with Crippen LogP contribution in [0.3, 0.4) is 0 Å². The molecule has 0 aromatic heterocycles. The Morgan fingerprint density at radius 2 is 1.69 bits per heavy atom. The molecule has 0 amide bonds. The van der Waals surface area contributed by atoms with Gasteiger partial charge in [0.15, 0.2) is 0 Å². The van der Waals surface area contributed by atoms with Gasteiger partial charge in [0.25, 0.3) is 6.04 Å². The number of phenolic OH excluding ortho intramolecular Hbond substituents is 1. The van der Waals surface area contributed by atoms with Crippen molar-refractivity contribution >= 4 is 0 Å². The van der Waals surface area contributed by atoms with E-state index in [1.807, 2.05) is 36.4 Å². The van der Waals surface area contributed by atoms with Gasteiger partial charge in [-0.25, -0.2) is 0 Å². The fourth-order valence-corrected chi connectivity index (χ4v) is 3.54. The number of hydrazine groups is 1. The molecule has 3 aromatic rings. The van der Waals surface area contributed by atoms with Crippen LogP contribution in [0.2, 0.25) is 0 Å². The van der Waals surface area contributed by atoms with Crippen LogP contribution < -0.4 is 0 Å². The molecule has 4 rings (SSSR count). The molecule has 0 spiro atoms. The normalized spacial score (nSPS) is 16.8. The van der Waals surface area contributed by atoms with Crippen LogP contribution in [0.15, 0.2) is 78.9 Å². The van der Waals surface area contributed by atoms with E-state index in [1.54, 1.807) is 23.2 Å². The molecular weight excluding hydrogens is 324 g/mol. The fraction of sp³-hybridized carbons (Fsp3) is 0.182. The lowest BCUT2D eigenvalue weighted by molar-refractivity contribution is -0.720. The molecule has 4 heteroatoms. The number of hydrogen-bond acceptors (Lipinski definition) is 2. The Labute approximate surface area is 152 Å². The first kappa shape index (κ1) is 16.3. The zero-order valence-corrected chi connectivity index (χ0v) is 14.5. The number of phenols is 1. The molecule has 3 aromatic carbocycles. The van der Waals surface area contributed by atoms with E-state index >= 15 is 0 Å². The van der Waals surface area contributed by atoms with Crippen molar-refractivity contribution in [2.75, 3.05) is 6.54 Å². The third-order valence-corrected chi connectivity index (χ3v) is 4.86. The molecule has 1 unspecified atom stereocenters. The van der Waals surface area contributed by atoms with E-state index in [0.29, 0.717) is 13.1 Å². The van der Waals surface area contributed by atoms with Gasteiger partial charge < -0.3 is 5.11 Å². The maximum absolute atomic E-state index is 12.8. The van der Waals surface area contributed by atoms with Gasteiger partial charge in [0.1, 0.15) is 17.2 Å². The zero-order chi connectivity index (χ0) is 17.9. The molecule has 1 atom stereocenters. The van der Waals surface area contributed by atoms with E-state index in [0.717, 1.165) is 33.5 Å². The van der Waals surface area contributed by atoms with Gasteiger partial charge in [-0.3, -0.25) is 0 Å². The van der Waals surface area contributed by atoms with Crippen molar-refractivity contribution < 1.29 is 9.98 Å². The summed E-state index contributed by atoms with van der Waals surface area (Å²) in [4.78, 5) is 13.9. The lowest BCUT2D eigenvalue weighted by Crippen LogP contribution is -2.27.